The number of halogens is 1. The lowest BCUT2D eigenvalue weighted by Gasteiger charge is -2.28. The molecule has 0 fully saturated rings. The van der Waals surface area contributed by atoms with Crippen LogP contribution in [0.25, 0.3) is 0 Å². The Bertz CT molecular complexity index is 613. The molecule has 1 heterocycles. The summed E-state index contributed by atoms with van der Waals surface area (Å²) >= 11 is 3.31. The monoisotopic (exact) mass is 339 g/mol. The number of carbonyl (C=O) groups excluding carboxylic acids is 3. The van der Waals surface area contributed by atoms with Crippen LogP contribution in [0.2, 0.25) is 0 Å². The molecular weight excluding hydrogens is 326 g/mol. The maximum absolute atomic E-state index is 12.1. The second-order valence-electron chi connectivity index (χ2n) is 5.24. The molecule has 3 N–H and O–H groups in total. The van der Waals surface area contributed by atoms with Gasteiger partial charge in [0.15, 0.2) is 0 Å². The molecule has 0 unspecified atom stereocenters. The zero-order valence-corrected chi connectivity index (χ0v) is 12.7. The predicted octanol–water partition coefficient (Wildman–Crippen LogP) is 0.994. The quantitative estimate of drug-likeness (QED) is 0.372. The van der Waals surface area contributed by atoms with Crippen LogP contribution in [0.3, 0.4) is 0 Å². The van der Waals surface area contributed by atoms with Gasteiger partial charge >= 0.3 is 0 Å². The van der Waals surface area contributed by atoms with Gasteiger partial charge in [-0.25, -0.2) is 5.84 Å². The number of amides is 2. The fourth-order valence-electron chi connectivity index (χ4n) is 2.09. The first-order valence-corrected chi connectivity index (χ1v) is 6.74. The summed E-state index contributed by atoms with van der Waals surface area (Å²) in [6.45, 7) is 3.38. The summed E-state index contributed by atoms with van der Waals surface area (Å²) in [4.78, 5) is 37.0. The van der Waals surface area contributed by atoms with E-state index in [9.17, 15) is 14.4 Å². The number of benzene rings is 1. The highest BCUT2D eigenvalue weighted by molar-refractivity contribution is 9.10. The molecule has 0 saturated carbocycles. The van der Waals surface area contributed by atoms with Gasteiger partial charge in [-0.3, -0.25) is 19.8 Å². The first kappa shape index (κ1) is 14.7. The number of nitrogens with two attached hydrogens (primary N) is 1. The molecule has 7 heteroatoms. The van der Waals surface area contributed by atoms with Crippen molar-refractivity contribution in [2.45, 2.75) is 13.8 Å². The number of hydrazine groups is 1. The number of hydrogen-bond donors (Lipinski definition) is 2. The lowest BCUT2D eigenvalue weighted by molar-refractivity contribution is -0.129. The summed E-state index contributed by atoms with van der Waals surface area (Å²) in [6.07, 6.45) is 0. The van der Waals surface area contributed by atoms with Crippen LogP contribution in [-0.4, -0.2) is 24.1 Å². The number of rotatable bonds is 3. The van der Waals surface area contributed by atoms with Gasteiger partial charge < -0.3 is 4.90 Å². The van der Waals surface area contributed by atoms with Crippen molar-refractivity contribution in [3.8, 4) is 0 Å². The molecule has 1 aromatic rings. The lowest BCUT2D eigenvalue weighted by Crippen LogP contribution is -2.48. The molecule has 20 heavy (non-hydrogen) atoms. The van der Waals surface area contributed by atoms with Crippen molar-refractivity contribution in [3.05, 3.63) is 28.2 Å². The molecular formula is C13H14BrN3O3. The number of anilines is 1. The van der Waals surface area contributed by atoms with Crippen molar-refractivity contribution in [2.24, 2.45) is 11.3 Å². The molecule has 0 saturated heterocycles. The molecule has 0 bridgehead atoms. The van der Waals surface area contributed by atoms with Crippen LogP contribution in [-0.2, 0) is 9.59 Å². The van der Waals surface area contributed by atoms with E-state index in [0.29, 0.717) is 11.3 Å². The van der Waals surface area contributed by atoms with Crippen LogP contribution in [0.4, 0.5) is 5.69 Å². The Morgan fingerprint density at radius 2 is 2.05 bits per heavy atom. The molecule has 6 nitrogen and oxygen atoms in total. The van der Waals surface area contributed by atoms with Crippen molar-refractivity contribution in [2.75, 3.05) is 11.4 Å². The van der Waals surface area contributed by atoms with Crippen LogP contribution in [0, 0.1) is 5.41 Å². The van der Waals surface area contributed by atoms with Crippen LogP contribution in [0.1, 0.15) is 24.2 Å². The van der Waals surface area contributed by atoms with E-state index in [1.54, 1.807) is 32.0 Å². The van der Waals surface area contributed by atoms with Crippen molar-refractivity contribution in [1.82, 2.24) is 5.43 Å². The average Bonchev–Trinajstić information content (AvgIpc) is 2.62. The van der Waals surface area contributed by atoms with Gasteiger partial charge in [0.25, 0.3) is 11.7 Å². The summed E-state index contributed by atoms with van der Waals surface area (Å²) in [5.41, 5.74) is 2.02. The highest BCUT2D eigenvalue weighted by atomic mass is 79.9. The fraction of sp³-hybridized carbons (Fsp3) is 0.308. The Morgan fingerprint density at radius 3 is 2.65 bits per heavy atom. The molecule has 0 spiro atoms. The van der Waals surface area contributed by atoms with E-state index in [0.717, 1.165) is 4.47 Å². The Balaban J connectivity index is 2.39. The van der Waals surface area contributed by atoms with E-state index >= 15 is 0 Å². The van der Waals surface area contributed by atoms with Crippen molar-refractivity contribution in [3.63, 3.8) is 0 Å². The van der Waals surface area contributed by atoms with Crippen LogP contribution in [0.5, 0.6) is 0 Å². The van der Waals surface area contributed by atoms with Gasteiger partial charge in [0, 0.05) is 11.0 Å². The molecule has 1 aromatic carbocycles. The minimum Gasteiger partial charge on any atom is -0.304 e. The molecule has 2 rings (SSSR count). The minimum absolute atomic E-state index is 0.0735. The molecule has 1 aliphatic rings. The maximum atomic E-state index is 12.1. The number of nitrogens with one attached hydrogen (secondary N) is 1. The van der Waals surface area contributed by atoms with Crippen LogP contribution in [0.15, 0.2) is 22.7 Å². The van der Waals surface area contributed by atoms with E-state index in [-0.39, 0.29) is 6.54 Å². The van der Waals surface area contributed by atoms with Gasteiger partial charge in [-0.1, -0.05) is 15.9 Å². The third-order valence-electron chi connectivity index (χ3n) is 3.23. The molecule has 1 aliphatic heterocycles. The van der Waals surface area contributed by atoms with Crippen LogP contribution >= 0.6 is 15.9 Å². The Hall–Kier alpha value is -1.73. The van der Waals surface area contributed by atoms with Crippen molar-refractivity contribution >= 4 is 39.2 Å². The topological polar surface area (TPSA) is 92.5 Å². The van der Waals surface area contributed by atoms with Gasteiger partial charge in [0.05, 0.1) is 16.7 Å². The SMILES string of the molecule is CC(C)(CN1C(=O)C(=O)c2ccc(Br)cc21)C(=O)NN. The van der Waals surface area contributed by atoms with E-state index in [1.165, 1.54) is 4.90 Å². The molecule has 0 radical (unpaired) electrons. The maximum Gasteiger partial charge on any atom is 0.299 e. The van der Waals surface area contributed by atoms with Gasteiger partial charge in [0.1, 0.15) is 0 Å². The highest BCUT2D eigenvalue weighted by Crippen LogP contribution is 2.34. The van der Waals surface area contributed by atoms with E-state index in [1.807, 2.05) is 0 Å². The summed E-state index contributed by atoms with van der Waals surface area (Å²) in [6, 6.07) is 4.98. The molecule has 0 atom stereocenters. The number of fused-ring (bicyclic) bond motifs is 1. The minimum atomic E-state index is -0.908. The smallest absolute Gasteiger partial charge is 0.299 e. The number of ketones is 1. The van der Waals surface area contributed by atoms with E-state index in [4.69, 9.17) is 5.84 Å². The third kappa shape index (κ3) is 2.34. The Morgan fingerprint density at radius 1 is 1.40 bits per heavy atom. The lowest BCUT2D eigenvalue weighted by atomic mass is 9.91. The van der Waals surface area contributed by atoms with Gasteiger partial charge in [0.2, 0.25) is 5.91 Å². The first-order chi connectivity index (χ1) is 9.27. The number of hydrogen-bond acceptors (Lipinski definition) is 4. The number of Topliss-reactive ketones (excluding diaryl/α,β-unsaturated/α-hetero) is 1. The average molecular weight is 340 g/mol. The van der Waals surface area contributed by atoms with Crippen molar-refractivity contribution in [1.29, 1.82) is 0 Å². The summed E-state index contributed by atoms with van der Waals surface area (Å²) in [5.74, 6) is 3.55. The predicted molar refractivity (Wildman–Crippen MR) is 76.9 cm³/mol. The second-order valence-corrected chi connectivity index (χ2v) is 6.15. The van der Waals surface area contributed by atoms with E-state index in [2.05, 4.69) is 21.4 Å². The van der Waals surface area contributed by atoms with E-state index < -0.39 is 23.0 Å². The first-order valence-electron chi connectivity index (χ1n) is 5.95. The number of carbonyl (C=O) groups is 3. The third-order valence-corrected chi connectivity index (χ3v) is 3.73. The highest BCUT2D eigenvalue weighted by Gasteiger charge is 2.40. The fourth-order valence-corrected chi connectivity index (χ4v) is 2.44. The molecule has 0 aromatic heterocycles. The summed E-state index contributed by atoms with van der Waals surface area (Å²) in [5, 5.41) is 0. The molecule has 0 aliphatic carbocycles. The zero-order chi connectivity index (χ0) is 15.1. The standard InChI is InChI=1S/C13H14BrN3O3/c1-13(2,12(20)16-15)6-17-9-5-7(14)3-4-8(9)10(18)11(17)19/h3-5H,6,15H2,1-2H3,(H,16,20). The van der Waals surface area contributed by atoms with Gasteiger partial charge in [-0.2, -0.15) is 0 Å². The second kappa shape index (κ2) is 4.99. The number of nitrogens with zero attached hydrogens (tertiary/aromatic N) is 1. The Kier molecular flexibility index (Phi) is 3.66. The van der Waals surface area contributed by atoms with Gasteiger partial charge in [-0.15, -0.1) is 0 Å². The zero-order valence-electron chi connectivity index (χ0n) is 11.1. The van der Waals surface area contributed by atoms with Gasteiger partial charge in [-0.05, 0) is 32.0 Å². The summed E-state index contributed by atoms with van der Waals surface area (Å²) < 4.78 is 0.754. The summed E-state index contributed by atoms with van der Waals surface area (Å²) in [7, 11) is 0. The van der Waals surface area contributed by atoms with Crippen LogP contribution < -0.4 is 16.2 Å². The Labute approximate surface area is 124 Å². The normalized spacial score (nSPS) is 14.5. The largest absolute Gasteiger partial charge is 0.304 e. The molecule has 106 valence electrons. The molecule has 2 amide bonds. The van der Waals surface area contributed by atoms with Crippen molar-refractivity contribution < 1.29 is 14.4 Å².